The zero-order chi connectivity index (χ0) is 19.6. The molecule has 27 heavy (non-hydrogen) atoms. The van der Waals surface area contributed by atoms with Crippen LogP contribution in [-0.2, 0) is 14.4 Å². The maximum absolute atomic E-state index is 12.8. The number of hydrogen-bond donors (Lipinski definition) is 2. The van der Waals surface area contributed by atoms with Gasteiger partial charge in [-0.1, -0.05) is 29.8 Å². The number of anilines is 2. The molecular weight excluding hydrogens is 342 g/mol. The molecule has 0 bridgehead atoms. The largest absolute Gasteiger partial charge is 0.350 e. The van der Waals surface area contributed by atoms with Gasteiger partial charge in [0.15, 0.2) is 0 Å². The van der Waals surface area contributed by atoms with Crippen molar-refractivity contribution < 1.29 is 14.4 Å². The van der Waals surface area contributed by atoms with Crippen molar-refractivity contribution in [3.05, 3.63) is 65.4 Å². The summed E-state index contributed by atoms with van der Waals surface area (Å²) in [6, 6.07) is 14.5. The summed E-state index contributed by atoms with van der Waals surface area (Å²) in [5.41, 5.74) is 3.68. The molecule has 0 saturated carbocycles. The maximum Gasteiger partial charge on any atom is 0.278 e. The van der Waals surface area contributed by atoms with Crippen LogP contribution >= 0.6 is 0 Å². The van der Waals surface area contributed by atoms with Gasteiger partial charge in [-0.25, -0.2) is 0 Å². The molecule has 6 nitrogen and oxygen atoms in total. The van der Waals surface area contributed by atoms with Gasteiger partial charge in [-0.2, -0.15) is 0 Å². The van der Waals surface area contributed by atoms with Gasteiger partial charge < -0.3 is 10.6 Å². The second-order valence-corrected chi connectivity index (χ2v) is 6.35. The molecule has 0 aliphatic carbocycles. The summed E-state index contributed by atoms with van der Waals surface area (Å²) in [6.45, 7) is 5.47. The number of rotatable bonds is 5. The lowest BCUT2D eigenvalue weighted by molar-refractivity contribution is -0.136. The molecule has 2 N–H and O–H groups in total. The molecular formula is C21H21N3O3. The summed E-state index contributed by atoms with van der Waals surface area (Å²) in [5, 5.41) is 5.79. The molecule has 0 unspecified atom stereocenters. The van der Waals surface area contributed by atoms with E-state index < -0.39 is 0 Å². The summed E-state index contributed by atoms with van der Waals surface area (Å²) in [7, 11) is 0. The number of carbonyl (C=O) groups is 3. The van der Waals surface area contributed by atoms with Gasteiger partial charge in [0, 0.05) is 24.8 Å². The van der Waals surface area contributed by atoms with E-state index in [2.05, 4.69) is 10.6 Å². The van der Waals surface area contributed by atoms with Gasteiger partial charge in [-0.3, -0.25) is 19.3 Å². The van der Waals surface area contributed by atoms with Crippen LogP contribution in [-0.4, -0.2) is 29.2 Å². The van der Waals surface area contributed by atoms with Crippen molar-refractivity contribution in [3.63, 3.8) is 0 Å². The zero-order valence-corrected chi connectivity index (χ0v) is 15.5. The lowest BCUT2D eigenvalue weighted by Gasteiger charge is -2.12. The SMILES string of the molecule is CCN1C(=O)C(Nc2ccc(C)cc2)=C(c2ccc(NC(C)=O)cc2)C1=O. The van der Waals surface area contributed by atoms with Gasteiger partial charge in [-0.05, 0) is 43.7 Å². The number of aryl methyl sites for hydroxylation is 1. The van der Waals surface area contributed by atoms with Crippen molar-refractivity contribution in [2.45, 2.75) is 20.8 Å². The quantitative estimate of drug-likeness (QED) is 0.800. The predicted octanol–water partition coefficient (Wildman–Crippen LogP) is 3.17. The summed E-state index contributed by atoms with van der Waals surface area (Å²) in [4.78, 5) is 37.9. The Kier molecular flexibility index (Phi) is 5.07. The topological polar surface area (TPSA) is 78.5 Å². The highest BCUT2D eigenvalue weighted by Gasteiger charge is 2.38. The molecule has 0 fully saturated rings. The number of nitrogens with one attached hydrogen (secondary N) is 2. The van der Waals surface area contributed by atoms with Crippen LogP contribution in [0.5, 0.6) is 0 Å². The second kappa shape index (κ2) is 7.45. The Morgan fingerprint density at radius 1 is 0.926 bits per heavy atom. The lowest BCUT2D eigenvalue weighted by Crippen LogP contribution is -2.32. The standard InChI is InChI=1S/C21H21N3O3/c1-4-24-20(26)18(15-7-11-16(12-8-15)22-14(3)25)19(21(24)27)23-17-9-5-13(2)6-10-17/h5-12,23H,4H2,1-3H3,(H,22,25). The van der Waals surface area contributed by atoms with E-state index in [0.29, 0.717) is 23.4 Å². The van der Waals surface area contributed by atoms with Crippen LogP contribution in [0.1, 0.15) is 25.0 Å². The van der Waals surface area contributed by atoms with Crippen LogP contribution in [0.3, 0.4) is 0 Å². The molecule has 3 amide bonds. The molecule has 3 rings (SSSR count). The monoisotopic (exact) mass is 363 g/mol. The molecule has 2 aromatic carbocycles. The number of amides is 3. The Morgan fingerprint density at radius 3 is 2.07 bits per heavy atom. The van der Waals surface area contributed by atoms with Crippen molar-refractivity contribution in [2.75, 3.05) is 17.2 Å². The molecule has 1 aliphatic rings. The number of carbonyl (C=O) groups excluding carboxylic acids is 3. The minimum absolute atomic E-state index is 0.173. The molecule has 0 radical (unpaired) electrons. The molecule has 0 aromatic heterocycles. The Morgan fingerprint density at radius 2 is 1.52 bits per heavy atom. The summed E-state index contributed by atoms with van der Waals surface area (Å²) in [5.74, 6) is -0.846. The summed E-state index contributed by atoms with van der Waals surface area (Å²) in [6.07, 6.45) is 0. The van der Waals surface area contributed by atoms with E-state index in [9.17, 15) is 14.4 Å². The number of likely N-dealkylation sites (N-methyl/N-ethyl adjacent to an activating group) is 1. The van der Waals surface area contributed by atoms with E-state index in [0.717, 1.165) is 11.3 Å². The summed E-state index contributed by atoms with van der Waals surface area (Å²) >= 11 is 0. The van der Waals surface area contributed by atoms with Crippen LogP contribution in [0, 0.1) is 6.92 Å². The number of nitrogens with zero attached hydrogens (tertiary/aromatic N) is 1. The molecule has 1 heterocycles. The third kappa shape index (κ3) is 3.74. The fraction of sp³-hybridized carbons (Fsp3) is 0.190. The maximum atomic E-state index is 12.8. The minimum Gasteiger partial charge on any atom is -0.350 e. The predicted molar refractivity (Wildman–Crippen MR) is 105 cm³/mol. The third-order valence-electron chi connectivity index (χ3n) is 4.30. The first-order chi connectivity index (χ1) is 12.9. The van der Waals surface area contributed by atoms with E-state index in [1.807, 2.05) is 31.2 Å². The van der Waals surface area contributed by atoms with Crippen molar-refractivity contribution in [1.82, 2.24) is 4.90 Å². The average molecular weight is 363 g/mol. The second-order valence-electron chi connectivity index (χ2n) is 6.35. The van der Waals surface area contributed by atoms with Gasteiger partial charge in [0.25, 0.3) is 11.8 Å². The highest BCUT2D eigenvalue weighted by Crippen LogP contribution is 2.31. The van der Waals surface area contributed by atoms with Crippen LogP contribution < -0.4 is 10.6 Å². The summed E-state index contributed by atoms with van der Waals surface area (Å²) < 4.78 is 0. The molecule has 6 heteroatoms. The van der Waals surface area contributed by atoms with Gasteiger partial charge >= 0.3 is 0 Å². The smallest absolute Gasteiger partial charge is 0.278 e. The van der Waals surface area contributed by atoms with E-state index in [1.54, 1.807) is 31.2 Å². The molecule has 0 atom stereocenters. The zero-order valence-electron chi connectivity index (χ0n) is 15.5. The van der Waals surface area contributed by atoms with Crippen molar-refractivity contribution in [2.24, 2.45) is 0 Å². The molecule has 0 spiro atoms. The Bertz CT molecular complexity index is 928. The van der Waals surface area contributed by atoms with E-state index in [-0.39, 0.29) is 23.4 Å². The van der Waals surface area contributed by atoms with Crippen LogP contribution in [0.25, 0.3) is 5.57 Å². The molecule has 0 saturated heterocycles. The Hall–Kier alpha value is -3.41. The van der Waals surface area contributed by atoms with E-state index >= 15 is 0 Å². The van der Waals surface area contributed by atoms with Crippen molar-refractivity contribution in [1.29, 1.82) is 0 Å². The first kappa shape index (κ1) is 18.4. The van der Waals surface area contributed by atoms with Gasteiger partial charge in [0.1, 0.15) is 5.70 Å². The number of hydrogen-bond acceptors (Lipinski definition) is 4. The Labute approximate surface area is 157 Å². The Balaban J connectivity index is 2.01. The van der Waals surface area contributed by atoms with Gasteiger partial charge in [0.05, 0.1) is 5.57 Å². The minimum atomic E-state index is -0.344. The van der Waals surface area contributed by atoms with Crippen LogP contribution in [0.15, 0.2) is 54.2 Å². The molecule has 2 aromatic rings. The van der Waals surface area contributed by atoms with Crippen LogP contribution in [0.2, 0.25) is 0 Å². The number of benzene rings is 2. The lowest BCUT2D eigenvalue weighted by atomic mass is 10.0. The number of imide groups is 1. The highest BCUT2D eigenvalue weighted by molar-refractivity contribution is 6.36. The highest BCUT2D eigenvalue weighted by atomic mass is 16.2. The van der Waals surface area contributed by atoms with E-state index in [4.69, 9.17) is 0 Å². The fourth-order valence-electron chi connectivity index (χ4n) is 2.95. The third-order valence-corrected chi connectivity index (χ3v) is 4.30. The molecule has 1 aliphatic heterocycles. The van der Waals surface area contributed by atoms with Crippen LogP contribution in [0.4, 0.5) is 11.4 Å². The average Bonchev–Trinajstić information content (AvgIpc) is 2.87. The molecule has 138 valence electrons. The van der Waals surface area contributed by atoms with Gasteiger partial charge in [-0.15, -0.1) is 0 Å². The van der Waals surface area contributed by atoms with Gasteiger partial charge in [0.2, 0.25) is 5.91 Å². The fourth-order valence-corrected chi connectivity index (χ4v) is 2.95. The van der Waals surface area contributed by atoms with Crippen molar-refractivity contribution in [3.8, 4) is 0 Å². The normalized spacial score (nSPS) is 14.0. The first-order valence-electron chi connectivity index (χ1n) is 8.73. The first-order valence-corrected chi connectivity index (χ1v) is 8.73. The van der Waals surface area contributed by atoms with Crippen molar-refractivity contribution >= 4 is 34.7 Å². The van der Waals surface area contributed by atoms with E-state index in [1.165, 1.54) is 11.8 Å².